The molecule has 0 aliphatic heterocycles. The second-order valence-corrected chi connectivity index (χ2v) is 12.5. The zero-order valence-corrected chi connectivity index (χ0v) is 22.2. The van der Waals surface area contributed by atoms with Gasteiger partial charge in [0.1, 0.15) is 11.3 Å². The Morgan fingerprint density at radius 2 is 1.65 bits per heavy atom. The molecule has 0 unspecified atom stereocenters. The fraction of sp³-hybridized carbons (Fsp3) is 0.321. The van der Waals surface area contributed by atoms with Gasteiger partial charge in [-0.05, 0) is 57.7 Å². The number of alkyl carbamates (subject to hydrolysis) is 1. The number of carbonyl (C=O) groups excluding carboxylic acids is 1. The van der Waals surface area contributed by atoms with Crippen molar-refractivity contribution >= 4 is 21.6 Å². The summed E-state index contributed by atoms with van der Waals surface area (Å²) in [7, 11) is -3.49. The van der Waals surface area contributed by atoms with Crippen LogP contribution in [0.15, 0.2) is 71.8 Å². The number of amides is 1. The van der Waals surface area contributed by atoms with Gasteiger partial charge in [-0.3, -0.25) is 0 Å². The second kappa shape index (κ2) is 8.99. The molecule has 0 bridgehead atoms. The number of nitrogens with one attached hydrogen (secondary N) is 1. The lowest BCUT2D eigenvalue weighted by Gasteiger charge is -2.43. The van der Waals surface area contributed by atoms with Crippen molar-refractivity contribution in [2.24, 2.45) is 0 Å². The topological polar surface area (TPSA) is 103 Å². The lowest BCUT2D eigenvalue weighted by Crippen LogP contribution is -2.52. The third-order valence-electron chi connectivity index (χ3n) is 6.54. The third kappa shape index (κ3) is 4.96. The Bertz CT molecular complexity index is 1570. The number of aromatic nitrogens is 3. The van der Waals surface area contributed by atoms with E-state index in [4.69, 9.17) is 9.72 Å². The van der Waals surface area contributed by atoms with Crippen molar-refractivity contribution in [3.63, 3.8) is 0 Å². The number of nitrogens with zero attached hydrogens (tertiary/aromatic N) is 3. The maximum Gasteiger partial charge on any atom is 0.408 e. The average molecular weight is 519 g/mol. The van der Waals surface area contributed by atoms with E-state index in [0.29, 0.717) is 17.0 Å². The Hall–Kier alpha value is -3.72. The van der Waals surface area contributed by atoms with E-state index >= 15 is 0 Å². The van der Waals surface area contributed by atoms with E-state index in [1.165, 1.54) is 6.07 Å². The quantitative estimate of drug-likeness (QED) is 0.381. The van der Waals surface area contributed by atoms with Gasteiger partial charge >= 0.3 is 6.09 Å². The Kier molecular flexibility index (Phi) is 6.06. The molecular formula is C28H30N4O4S. The molecule has 1 saturated carbocycles. The summed E-state index contributed by atoms with van der Waals surface area (Å²) in [6, 6.07) is 20.8. The number of hydrogen-bond acceptors (Lipinski definition) is 6. The molecule has 2 heterocycles. The highest BCUT2D eigenvalue weighted by Crippen LogP contribution is 2.42. The van der Waals surface area contributed by atoms with Crippen LogP contribution in [-0.4, -0.2) is 41.0 Å². The van der Waals surface area contributed by atoms with Crippen LogP contribution in [0.25, 0.3) is 28.2 Å². The highest BCUT2D eigenvalue weighted by molar-refractivity contribution is 7.90. The second-order valence-electron chi connectivity index (χ2n) is 10.5. The van der Waals surface area contributed by atoms with Gasteiger partial charge in [-0.25, -0.2) is 22.7 Å². The maximum atomic E-state index is 12.5. The van der Waals surface area contributed by atoms with Crippen LogP contribution in [0.4, 0.5) is 4.79 Å². The van der Waals surface area contributed by atoms with E-state index in [1.54, 1.807) is 10.6 Å². The van der Waals surface area contributed by atoms with E-state index in [9.17, 15) is 13.2 Å². The lowest BCUT2D eigenvalue weighted by atomic mass is 9.71. The largest absolute Gasteiger partial charge is 0.444 e. The van der Waals surface area contributed by atoms with Gasteiger partial charge in [-0.1, -0.05) is 54.6 Å². The van der Waals surface area contributed by atoms with Crippen molar-refractivity contribution in [3.8, 4) is 22.5 Å². The summed E-state index contributed by atoms with van der Waals surface area (Å²) >= 11 is 0. The molecule has 192 valence electrons. The molecule has 1 N–H and O–H groups in total. The molecule has 9 heteroatoms. The number of rotatable bonds is 5. The minimum Gasteiger partial charge on any atom is -0.444 e. The van der Waals surface area contributed by atoms with Crippen LogP contribution >= 0.6 is 0 Å². The predicted molar refractivity (Wildman–Crippen MR) is 142 cm³/mol. The van der Waals surface area contributed by atoms with Gasteiger partial charge in [0.2, 0.25) is 0 Å². The molecule has 2 aromatic heterocycles. The number of benzene rings is 2. The first-order valence-electron chi connectivity index (χ1n) is 12.2. The van der Waals surface area contributed by atoms with Crippen molar-refractivity contribution in [2.45, 2.75) is 56.2 Å². The third-order valence-corrected chi connectivity index (χ3v) is 7.52. The van der Waals surface area contributed by atoms with Crippen molar-refractivity contribution in [3.05, 3.63) is 72.3 Å². The molecule has 2 aromatic carbocycles. The Morgan fingerprint density at radius 1 is 0.973 bits per heavy atom. The summed E-state index contributed by atoms with van der Waals surface area (Å²) in [4.78, 5) is 17.3. The molecule has 8 nitrogen and oxygen atoms in total. The van der Waals surface area contributed by atoms with Crippen LogP contribution in [0.3, 0.4) is 0 Å². The summed E-state index contributed by atoms with van der Waals surface area (Å²) in [5, 5.41) is 7.49. The average Bonchev–Trinajstić information content (AvgIpc) is 3.19. The molecule has 37 heavy (non-hydrogen) atoms. The molecule has 1 fully saturated rings. The standard InChI is InChI=1S/C28H30N4O4S/c1-27(2,3)36-26(33)30-28(17-8-18-28)21-13-11-19(12-14-21)24-25(20-9-6-5-7-10-20)32-22(29-24)15-16-23(31-32)37(4,34)35/h5-7,9-16H,8,17-18H2,1-4H3,(H,30,33). The van der Waals surface area contributed by atoms with E-state index in [-0.39, 0.29) is 5.03 Å². The normalized spacial score (nSPS) is 15.2. The number of imidazole rings is 1. The Balaban J connectivity index is 1.56. The first kappa shape index (κ1) is 25.0. The first-order valence-corrected chi connectivity index (χ1v) is 14.1. The predicted octanol–water partition coefficient (Wildman–Crippen LogP) is 5.37. The van der Waals surface area contributed by atoms with E-state index in [1.807, 2.05) is 75.4 Å². The molecule has 1 amide bonds. The molecule has 1 aliphatic carbocycles. The number of carbonyl (C=O) groups is 1. The molecule has 0 saturated heterocycles. The molecule has 5 rings (SSSR count). The zero-order valence-electron chi connectivity index (χ0n) is 21.4. The molecule has 0 atom stereocenters. The fourth-order valence-electron chi connectivity index (χ4n) is 4.63. The fourth-order valence-corrected chi connectivity index (χ4v) is 5.18. The molecule has 0 spiro atoms. The summed E-state index contributed by atoms with van der Waals surface area (Å²) < 4.78 is 31.5. The molecular weight excluding hydrogens is 488 g/mol. The Morgan fingerprint density at radius 3 is 2.22 bits per heavy atom. The number of fused-ring (bicyclic) bond motifs is 1. The Labute approximate surface area is 216 Å². The van der Waals surface area contributed by atoms with Crippen molar-refractivity contribution in [2.75, 3.05) is 6.26 Å². The minimum absolute atomic E-state index is 0.0170. The van der Waals surface area contributed by atoms with Crippen LogP contribution in [-0.2, 0) is 20.1 Å². The van der Waals surface area contributed by atoms with E-state index < -0.39 is 27.1 Å². The van der Waals surface area contributed by atoms with Crippen molar-refractivity contribution < 1.29 is 17.9 Å². The van der Waals surface area contributed by atoms with Gasteiger partial charge in [0, 0.05) is 17.4 Å². The highest BCUT2D eigenvalue weighted by Gasteiger charge is 2.41. The summed E-state index contributed by atoms with van der Waals surface area (Å²) in [6.45, 7) is 5.55. The van der Waals surface area contributed by atoms with Crippen LogP contribution in [0.5, 0.6) is 0 Å². The van der Waals surface area contributed by atoms with Gasteiger partial charge in [-0.2, -0.15) is 5.10 Å². The minimum atomic E-state index is -3.49. The molecule has 4 aromatic rings. The van der Waals surface area contributed by atoms with Crippen LogP contribution in [0, 0.1) is 0 Å². The van der Waals surface area contributed by atoms with Crippen molar-refractivity contribution in [1.82, 2.24) is 19.9 Å². The van der Waals surface area contributed by atoms with Crippen LogP contribution < -0.4 is 5.32 Å². The highest BCUT2D eigenvalue weighted by atomic mass is 32.2. The summed E-state index contributed by atoms with van der Waals surface area (Å²) in [5.41, 5.74) is 3.67. The van der Waals surface area contributed by atoms with Gasteiger partial charge in [0.15, 0.2) is 20.5 Å². The lowest BCUT2D eigenvalue weighted by molar-refractivity contribution is 0.0377. The van der Waals surface area contributed by atoms with Crippen molar-refractivity contribution in [1.29, 1.82) is 0 Å². The molecule has 1 aliphatic rings. The smallest absolute Gasteiger partial charge is 0.408 e. The van der Waals surface area contributed by atoms with E-state index in [2.05, 4.69) is 10.4 Å². The number of ether oxygens (including phenoxy) is 1. The summed E-state index contributed by atoms with van der Waals surface area (Å²) in [5.74, 6) is 0. The number of hydrogen-bond donors (Lipinski definition) is 1. The molecule has 0 radical (unpaired) electrons. The van der Waals surface area contributed by atoms with Crippen LogP contribution in [0.1, 0.15) is 45.6 Å². The van der Waals surface area contributed by atoms with Crippen LogP contribution in [0.2, 0.25) is 0 Å². The van der Waals surface area contributed by atoms with Gasteiger partial charge in [0.25, 0.3) is 0 Å². The SMILES string of the molecule is CC(C)(C)OC(=O)NC1(c2ccc(-c3nc4ccc(S(C)(=O)=O)nn4c3-c3ccccc3)cc2)CCC1. The maximum absolute atomic E-state index is 12.5. The monoisotopic (exact) mass is 518 g/mol. The van der Waals surface area contributed by atoms with E-state index in [0.717, 1.165) is 42.2 Å². The number of sulfone groups is 1. The van der Waals surface area contributed by atoms with Gasteiger partial charge in [0.05, 0.1) is 11.2 Å². The first-order chi connectivity index (χ1) is 17.5. The summed E-state index contributed by atoms with van der Waals surface area (Å²) in [6.07, 6.45) is 3.43. The zero-order chi connectivity index (χ0) is 26.4. The van der Waals surface area contributed by atoms with Gasteiger partial charge < -0.3 is 10.1 Å². The van der Waals surface area contributed by atoms with Gasteiger partial charge in [-0.15, -0.1) is 0 Å².